The Balaban J connectivity index is 2.15. The van der Waals surface area contributed by atoms with Gasteiger partial charge in [-0.15, -0.1) is 0 Å². The normalized spacial score (nSPS) is 14.2. The van der Waals surface area contributed by atoms with Crippen molar-refractivity contribution < 1.29 is 18.4 Å². The van der Waals surface area contributed by atoms with Gasteiger partial charge in [-0.2, -0.15) is 0 Å². The van der Waals surface area contributed by atoms with Crippen LogP contribution in [0.2, 0.25) is 0 Å². The Morgan fingerprint density at radius 3 is 2.75 bits per heavy atom. The van der Waals surface area contributed by atoms with E-state index < -0.39 is 17.5 Å². The summed E-state index contributed by atoms with van der Waals surface area (Å²) in [5.41, 5.74) is 7.38. The smallest absolute Gasteiger partial charge is 0.267 e. The van der Waals surface area contributed by atoms with E-state index in [0.29, 0.717) is 30.8 Å². The predicted molar refractivity (Wildman–Crippen MR) is 83.2 cm³/mol. The van der Waals surface area contributed by atoms with E-state index in [9.17, 15) is 18.4 Å². The number of fused-ring (bicyclic) bond motifs is 1. The Labute approximate surface area is 137 Å². The molecule has 7 heteroatoms. The average molecular weight is 331 g/mol. The fraction of sp³-hybridized carbons (Fsp3) is 0.235. The maximum atomic E-state index is 14.2. The second kappa shape index (κ2) is 6.45. The third kappa shape index (κ3) is 3.03. The van der Waals surface area contributed by atoms with Gasteiger partial charge in [-0.25, -0.2) is 13.8 Å². The van der Waals surface area contributed by atoms with Crippen molar-refractivity contribution in [2.24, 2.45) is 5.73 Å². The lowest BCUT2D eigenvalue weighted by Crippen LogP contribution is -2.33. The Morgan fingerprint density at radius 1 is 1.29 bits per heavy atom. The number of primary amides is 1. The first-order valence-corrected chi connectivity index (χ1v) is 7.43. The first-order valence-electron chi connectivity index (χ1n) is 7.43. The topological polar surface area (TPSA) is 76.3 Å². The Hall–Kier alpha value is -2.67. The highest BCUT2D eigenvalue weighted by Gasteiger charge is 2.24. The standard InChI is InChI=1S/C17H15F2N3O2/c18-10-1-2-11(14(19)7-10)13-8-15(17(20)24)21-16-9-22(5-6-23)4-3-12(13)16/h1-2,6-8H,3-5,9H2,(H2,20,24). The van der Waals surface area contributed by atoms with E-state index in [2.05, 4.69) is 4.98 Å². The first kappa shape index (κ1) is 16.2. The number of nitrogens with zero attached hydrogens (tertiary/aromatic N) is 2. The summed E-state index contributed by atoms with van der Waals surface area (Å²) in [7, 11) is 0. The number of amides is 1. The van der Waals surface area contributed by atoms with Gasteiger partial charge in [-0.3, -0.25) is 9.69 Å². The summed E-state index contributed by atoms with van der Waals surface area (Å²) in [4.78, 5) is 28.4. The van der Waals surface area contributed by atoms with Crippen LogP contribution >= 0.6 is 0 Å². The lowest BCUT2D eigenvalue weighted by atomic mass is 9.93. The lowest BCUT2D eigenvalue weighted by molar-refractivity contribution is -0.109. The van der Waals surface area contributed by atoms with Crippen LogP contribution in [0.4, 0.5) is 8.78 Å². The van der Waals surface area contributed by atoms with Crippen molar-refractivity contribution in [2.75, 3.05) is 13.1 Å². The number of hydrogen-bond acceptors (Lipinski definition) is 4. The maximum Gasteiger partial charge on any atom is 0.267 e. The van der Waals surface area contributed by atoms with Crippen LogP contribution < -0.4 is 5.73 Å². The summed E-state index contributed by atoms with van der Waals surface area (Å²) in [6.45, 7) is 1.23. The summed E-state index contributed by atoms with van der Waals surface area (Å²) in [6.07, 6.45) is 1.34. The molecule has 0 aliphatic carbocycles. The van der Waals surface area contributed by atoms with Gasteiger partial charge in [-0.1, -0.05) is 0 Å². The summed E-state index contributed by atoms with van der Waals surface area (Å²) in [6, 6.07) is 4.74. The molecule has 1 aromatic carbocycles. The number of hydrogen-bond donors (Lipinski definition) is 1. The van der Waals surface area contributed by atoms with E-state index >= 15 is 0 Å². The van der Waals surface area contributed by atoms with Crippen molar-refractivity contribution in [1.82, 2.24) is 9.88 Å². The van der Waals surface area contributed by atoms with E-state index in [-0.39, 0.29) is 17.8 Å². The molecule has 0 saturated carbocycles. The number of aromatic nitrogens is 1. The number of pyridine rings is 1. The minimum absolute atomic E-state index is 0.0143. The van der Waals surface area contributed by atoms with E-state index in [0.717, 1.165) is 24.0 Å². The van der Waals surface area contributed by atoms with Crippen molar-refractivity contribution in [3.05, 3.63) is 52.9 Å². The van der Waals surface area contributed by atoms with Crippen LogP contribution in [0.3, 0.4) is 0 Å². The molecule has 2 heterocycles. The molecule has 0 atom stereocenters. The second-order valence-corrected chi connectivity index (χ2v) is 5.62. The van der Waals surface area contributed by atoms with Gasteiger partial charge in [0.15, 0.2) is 0 Å². The highest BCUT2D eigenvalue weighted by atomic mass is 19.1. The summed E-state index contributed by atoms with van der Waals surface area (Å²) >= 11 is 0. The van der Waals surface area contributed by atoms with Crippen molar-refractivity contribution in [2.45, 2.75) is 13.0 Å². The van der Waals surface area contributed by atoms with Crippen molar-refractivity contribution in [3.63, 3.8) is 0 Å². The van der Waals surface area contributed by atoms with Crippen LogP contribution in [0.15, 0.2) is 24.3 Å². The fourth-order valence-electron chi connectivity index (χ4n) is 2.93. The Morgan fingerprint density at radius 2 is 2.08 bits per heavy atom. The molecule has 1 aliphatic rings. The molecule has 0 saturated heterocycles. The van der Waals surface area contributed by atoms with Gasteiger partial charge < -0.3 is 10.5 Å². The number of carbonyl (C=O) groups is 2. The number of carbonyl (C=O) groups excluding carboxylic acids is 2. The van der Waals surface area contributed by atoms with E-state index in [1.807, 2.05) is 4.90 Å². The molecule has 1 aromatic heterocycles. The molecule has 0 radical (unpaired) electrons. The van der Waals surface area contributed by atoms with E-state index in [1.54, 1.807) is 0 Å². The first-order chi connectivity index (χ1) is 11.5. The van der Waals surface area contributed by atoms with Crippen molar-refractivity contribution in [1.29, 1.82) is 0 Å². The van der Waals surface area contributed by atoms with Gasteiger partial charge in [0, 0.05) is 24.7 Å². The van der Waals surface area contributed by atoms with Crippen LogP contribution in [0.5, 0.6) is 0 Å². The molecule has 1 amide bonds. The monoisotopic (exact) mass is 331 g/mol. The van der Waals surface area contributed by atoms with E-state index in [1.165, 1.54) is 12.1 Å². The lowest BCUT2D eigenvalue weighted by Gasteiger charge is -2.28. The van der Waals surface area contributed by atoms with Crippen LogP contribution in [0.1, 0.15) is 21.7 Å². The van der Waals surface area contributed by atoms with Crippen molar-refractivity contribution in [3.8, 4) is 11.1 Å². The summed E-state index contributed by atoms with van der Waals surface area (Å²) in [5.74, 6) is -2.12. The van der Waals surface area contributed by atoms with Crippen LogP contribution in [0, 0.1) is 11.6 Å². The average Bonchev–Trinajstić information content (AvgIpc) is 2.54. The Bertz CT molecular complexity index is 824. The zero-order valence-corrected chi connectivity index (χ0v) is 12.8. The van der Waals surface area contributed by atoms with Gasteiger partial charge in [-0.05, 0) is 35.7 Å². The van der Waals surface area contributed by atoms with Crippen LogP contribution in [-0.2, 0) is 17.8 Å². The number of benzene rings is 1. The number of nitrogens with two attached hydrogens (primary N) is 1. The third-order valence-corrected chi connectivity index (χ3v) is 4.07. The van der Waals surface area contributed by atoms with Gasteiger partial charge >= 0.3 is 0 Å². The molecule has 0 fully saturated rings. The van der Waals surface area contributed by atoms with Gasteiger partial charge in [0.1, 0.15) is 23.6 Å². The highest BCUT2D eigenvalue weighted by molar-refractivity contribution is 5.92. The molecule has 24 heavy (non-hydrogen) atoms. The molecule has 0 bridgehead atoms. The fourth-order valence-corrected chi connectivity index (χ4v) is 2.93. The van der Waals surface area contributed by atoms with Gasteiger partial charge in [0.25, 0.3) is 5.91 Å². The quantitative estimate of drug-likeness (QED) is 0.865. The molecule has 0 unspecified atom stereocenters. The molecule has 5 nitrogen and oxygen atoms in total. The van der Waals surface area contributed by atoms with Crippen molar-refractivity contribution >= 4 is 12.2 Å². The summed E-state index contributed by atoms with van der Waals surface area (Å²) in [5, 5.41) is 0. The number of aldehydes is 1. The molecule has 2 N–H and O–H groups in total. The molecule has 1 aliphatic heterocycles. The SMILES string of the molecule is NC(=O)c1cc(-c2ccc(F)cc2F)c2c(n1)CN(CC=O)CC2. The molecule has 2 aromatic rings. The number of halogens is 2. The van der Waals surface area contributed by atoms with Crippen LogP contribution in [0.25, 0.3) is 11.1 Å². The third-order valence-electron chi connectivity index (χ3n) is 4.07. The molecule has 0 spiro atoms. The molecular formula is C17H15F2N3O2. The molecule has 124 valence electrons. The maximum absolute atomic E-state index is 14.2. The zero-order chi connectivity index (χ0) is 17.3. The van der Waals surface area contributed by atoms with E-state index in [4.69, 9.17) is 5.73 Å². The predicted octanol–water partition coefficient (Wildman–Crippen LogP) is 1.68. The van der Waals surface area contributed by atoms with Gasteiger partial charge in [0.05, 0.1) is 12.2 Å². The molecule has 3 rings (SSSR count). The molecular weight excluding hydrogens is 316 g/mol. The minimum atomic E-state index is -0.728. The summed E-state index contributed by atoms with van der Waals surface area (Å²) < 4.78 is 27.4. The highest BCUT2D eigenvalue weighted by Crippen LogP contribution is 2.32. The zero-order valence-electron chi connectivity index (χ0n) is 12.8. The number of rotatable bonds is 4. The van der Waals surface area contributed by atoms with Crippen LogP contribution in [-0.4, -0.2) is 35.2 Å². The largest absolute Gasteiger partial charge is 0.364 e. The Kier molecular flexibility index (Phi) is 4.35. The minimum Gasteiger partial charge on any atom is -0.364 e. The van der Waals surface area contributed by atoms with Gasteiger partial charge in [0.2, 0.25) is 0 Å². The second-order valence-electron chi connectivity index (χ2n) is 5.62.